The molecule has 0 saturated heterocycles. The Morgan fingerprint density at radius 2 is 1.02 bits per heavy atom. The van der Waals surface area contributed by atoms with Crippen LogP contribution in [0.5, 0.6) is 0 Å². The summed E-state index contributed by atoms with van der Waals surface area (Å²) in [4.78, 5) is 36.7. The molecular formula is C43H80NO7+. The van der Waals surface area contributed by atoms with E-state index in [2.05, 4.69) is 32.1 Å². The topological polar surface area (TPSA) is 99.1 Å². The number of carbonyl (C=O) groups is 3. The molecule has 0 rings (SSSR count). The number of esters is 2. The fourth-order valence-electron chi connectivity index (χ4n) is 6.04. The van der Waals surface area contributed by atoms with Gasteiger partial charge in [-0.05, 0) is 51.4 Å². The van der Waals surface area contributed by atoms with Crippen LogP contribution in [0, 0.1) is 0 Å². The Bertz CT molecular complexity index is 895. The number of allylic oxidation sites excluding steroid dienone is 4. The summed E-state index contributed by atoms with van der Waals surface area (Å²) in [6, 6.07) is -0.617. The summed E-state index contributed by atoms with van der Waals surface area (Å²) in [6.07, 6.45) is 36.8. The SMILES string of the molecule is CCCCCC/C=C/CCC(=O)OC(COCCC(C(=O)O)[N+](C)(C)C)COC(=O)CCCCCCCCC/C=C/CCCCCCCCCC. The van der Waals surface area contributed by atoms with Crippen LogP contribution in [0.1, 0.15) is 181 Å². The van der Waals surface area contributed by atoms with Gasteiger partial charge in [-0.25, -0.2) is 4.79 Å². The van der Waals surface area contributed by atoms with Crippen molar-refractivity contribution in [3.63, 3.8) is 0 Å². The molecule has 0 aliphatic carbocycles. The molecule has 0 aliphatic rings. The number of unbranched alkanes of at least 4 members (excludes halogenated alkanes) is 19. The van der Waals surface area contributed by atoms with Crippen molar-refractivity contribution in [2.45, 2.75) is 193 Å². The number of quaternary nitrogens is 1. The molecule has 0 aromatic carbocycles. The Morgan fingerprint density at radius 3 is 1.51 bits per heavy atom. The molecule has 0 aromatic rings. The van der Waals surface area contributed by atoms with E-state index in [1.165, 1.54) is 109 Å². The molecule has 1 N–H and O–H groups in total. The van der Waals surface area contributed by atoms with E-state index in [0.29, 0.717) is 19.3 Å². The van der Waals surface area contributed by atoms with E-state index in [4.69, 9.17) is 14.2 Å². The summed E-state index contributed by atoms with van der Waals surface area (Å²) in [7, 11) is 5.50. The lowest BCUT2D eigenvalue weighted by Crippen LogP contribution is -2.50. The number of nitrogens with zero attached hydrogens (tertiary/aromatic N) is 1. The first-order valence-electron chi connectivity index (χ1n) is 20.9. The minimum atomic E-state index is -0.881. The Hall–Kier alpha value is -2.19. The molecule has 2 unspecified atom stereocenters. The molecular weight excluding hydrogens is 642 g/mol. The molecule has 0 aliphatic heterocycles. The van der Waals surface area contributed by atoms with E-state index in [1.807, 2.05) is 27.2 Å². The van der Waals surface area contributed by atoms with Gasteiger partial charge in [0.25, 0.3) is 0 Å². The van der Waals surface area contributed by atoms with Crippen LogP contribution in [-0.4, -0.2) is 80.6 Å². The molecule has 0 bridgehead atoms. The number of carboxylic acid groups (broad SMARTS) is 1. The minimum absolute atomic E-state index is 0.0464. The van der Waals surface area contributed by atoms with Gasteiger partial charge in [-0.3, -0.25) is 9.59 Å². The molecule has 0 radical (unpaired) electrons. The number of aliphatic carboxylic acids is 1. The van der Waals surface area contributed by atoms with Gasteiger partial charge in [0.05, 0.1) is 34.4 Å². The lowest BCUT2D eigenvalue weighted by molar-refractivity contribution is -0.887. The van der Waals surface area contributed by atoms with Gasteiger partial charge in [-0.1, -0.05) is 134 Å². The molecule has 8 nitrogen and oxygen atoms in total. The zero-order valence-corrected chi connectivity index (χ0v) is 33.8. The Morgan fingerprint density at radius 1 is 0.569 bits per heavy atom. The van der Waals surface area contributed by atoms with Gasteiger partial charge in [0.1, 0.15) is 6.61 Å². The molecule has 0 fully saturated rings. The Labute approximate surface area is 313 Å². The van der Waals surface area contributed by atoms with Crippen LogP contribution in [0.2, 0.25) is 0 Å². The van der Waals surface area contributed by atoms with Crippen molar-refractivity contribution in [3.8, 4) is 0 Å². The highest BCUT2D eigenvalue weighted by atomic mass is 16.6. The van der Waals surface area contributed by atoms with Crippen molar-refractivity contribution in [1.82, 2.24) is 0 Å². The number of carboxylic acids is 1. The third-order valence-electron chi connectivity index (χ3n) is 9.34. The molecule has 298 valence electrons. The van der Waals surface area contributed by atoms with Gasteiger partial charge >= 0.3 is 17.9 Å². The molecule has 0 heterocycles. The van der Waals surface area contributed by atoms with Crippen molar-refractivity contribution in [2.75, 3.05) is 41.0 Å². The van der Waals surface area contributed by atoms with E-state index in [1.54, 1.807) is 0 Å². The quantitative estimate of drug-likeness (QED) is 0.0295. The standard InChI is InChI=1S/C43H79NO7/c1-6-8-10-12-14-16-17-18-19-20-21-22-23-24-25-26-28-29-31-33-41(45)50-38-39(37-49-36-35-40(43(47)48)44(3,4)5)51-42(46)34-32-30-27-15-13-11-9-7-2/h20-21,27,30,39-40H,6-19,22-26,28-29,31-38H2,1-5H3/p+1/b21-20+,30-27+. The van der Waals surface area contributed by atoms with Crippen molar-refractivity contribution in [3.05, 3.63) is 24.3 Å². The smallest absolute Gasteiger partial charge is 0.362 e. The number of ether oxygens (including phenoxy) is 3. The van der Waals surface area contributed by atoms with Crippen molar-refractivity contribution in [1.29, 1.82) is 0 Å². The Kier molecular flexibility index (Phi) is 33.4. The van der Waals surface area contributed by atoms with Gasteiger partial charge in [0, 0.05) is 19.3 Å². The van der Waals surface area contributed by atoms with Gasteiger partial charge < -0.3 is 23.8 Å². The molecule has 0 aromatic heterocycles. The van der Waals surface area contributed by atoms with Crippen LogP contribution in [0.4, 0.5) is 0 Å². The van der Waals surface area contributed by atoms with Crippen LogP contribution >= 0.6 is 0 Å². The van der Waals surface area contributed by atoms with E-state index < -0.39 is 18.1 Å². The van der Waals surface area contributed by atoms with E-state index >= 15 is 0 Å². The summed E-state index contributed by atoms with van der Waals surface area (Å²) < 4.78 is 17.1. The Balaban J connectivity index is 4.25. The normalized spacial score (nSPS) is 13.2. The van der Waals surface area contributed by atoms with Gasteiger partial charge in [0.2, 0.25) is 0 Å². The van der Waals surface area contributed by atoms with Crippen LogP contribution in [0.15, 0.2) is 24.3 Å². The maximum atomic E-state index is 12.6. The fraction of sp³-hybridized carbons (Fsp3) is 0.837. The first-order chi connectivity index (χ1) is 24.6. The number of rotatable bonds is 37. The highest BCUT2D eigenvalue weighted by molar-refractivity contribution is 5.72. The average molecular weight is 723 g/mol. The third kappa shape index (κ3) is 33.4. The zero-order chi connectivity index (χ0) is 37.8. The highest BCUT2D eigenvalue weighted by Crippen LogP contribution is 2.13. The maximum Gasteiger partial charge on any atom is 0.362 e. The first kappa shape index (κ1) is 48.8. The summed E-state index contributed by atoms with van der Waals surface area (Å²) in [6.45, 7) is 4.64. The molecule has 2 atom stereocenters. The van der Waals surface area contributed by atoms with E-state index in [9.17, 15) is 19.5 Å². The van der Waals surface area contributed by atoms with Crippen LogP contribution in [-0.2, 0) is 28.6 Å². The second kappa shape index (κ2) is 34.9. The van der Waals surface area contributed by atoms with Crippen molar-refractivity contribution < 1.29 is 38.2 Å². The summed E-state index contributed by atoms with van der Waals surface area (Å²) in [5.74, 6) is -1.54. The van der Waals surface area contributed by atoms with Crippen LogP contribution in [0.3, 0.4) is 0 Å². The predicted octanol–water partition coefficient (Wildman–Crippen LogP) is 10.9. The van der Waals surface area contributed by atoms with Crippen molar-refractivity contribution in [2.24, 2.45) is 0 Å². The second-order valence-electron chi connectivity index (χ2n) is 15.2. The average Bonchev–Trinajstić information content (AvgIpc) is 3.08. The van der Waals surface area contributed by atoms with Gasteiger partial charge in [0.15, 0.2) is 12.1 Å². The highest BCUT2D eigenvalue weighted by Gasteiger charge is 2.31. The van der Waals surface area contributed by atoms with Gasteiger partial charge in [-0.2, -0.15) is 0 Å². The maximum absolute atomic E-state index is 12.6. The zero-order valence-electron chi connectivity index (χ0n) is 33.8. The summed E-state index contributed by atoms with van der Waals surface area (Å²) >= 11 is 0. The van der Waals surface area contributed by atoms with Crippen LogP contribution in [0.25, 0.3) is 0 Å². The molecule has 0 amide bonds. The second-order valence-corrected chi connectivity index (χ2v) is 15.2. The van der Waals surface area contributed by atoms with Gasteiger partial charge in [-0.15, -0.1) is 0 Å². The number of hydrogen-bond acceptors (Lipinski definition) is 6. The molecule has 8 heteroatoms. The molecule has 0 spiro atoms. The minimum Gasteiger partial charge on any atom is -0.477 e. The first-order valence-corrected chi connectivity index (χ1v) is 20.9. The van der Waals surface area contributed by atoms with Crippen molar-refractivity contribution >= 4 is 17.9 Å². The molecule has 0 saturated carbocycles. The predicted molar refractivity (Wildman–Crippen MR) is 211 cm³/mol. The monoisotopic (exact) mass is 723 g/mol. The lowest BCUT2D eigenvalue weighted by atomic mass is 10.1. The molecule has 51 heavy (non-hydrogen) atoms. The fourth-order valence-corrected chi connectivity index (χ4v) is 6.04. The van der Waals surface area contributed by atoms with E-state index in [0.717, 1.165) is 32.1 Å². The van der Waals surface area contributed by atoms with Crippen LogP contribution < -0.4 is 0 Å². The third-order valence-corrected chi connectivity index (χ3v) is 9.34. The van der Waals surface area contributed by atoms with E-state index in [-0.39, 0.29) is 42.7 Å². The summed E-state index contributed by atoms with van der Waals surface area (Å²) in [5, 5.41) is 9.57. The number of hydrogen-bond donors (Lipinski definition) is 1. The number of likely N-dealkylation sites (N-methyl/N-ethyl adjacent to an activating group) is 1. The largest absolute Gasteiger partial charge is 0.477 e. The summed E-state index contributed by atoms with van der Waals surface area (Å²) in [5.41, 5.74) is 0. The lowest BCUT2D eigenvalue weighted by Gasteiger charge is -2.31. The number of carbonyl (C=O) groups excluding carboxylic acids is 2.